The summed E-state index contributed by atoms with van der Waals surface area (Å²) in [7, 11) is 0. The Bertz CT molecular complexity index is 1560. The topological polar surface area (TPSA) is 150 Å². The molecule has 4 aromatic rings. The van der Waals surface area contributed by atoms with Crippen LogP contribution in [0.3, 0.4) is 0 Å². The molecule has 0 unspecified atom stereocenters. The maximum absolute atomic E-state index is 12.8. The van der Waals surface area contributed by atoms with Crippen LogP contribution in [0.5, 0.6) is 0 Å². The molecule has 10 nitrogen and oxygen atoms in total. The van der Waals surface area contributed by atoms with Gasteiger partial charge in [-0.05, 0) is 31.0 Å². The first-order valence-corrected chi connectivity index (χ1v) is 14.7. The lowest BCUT2D eigenvalue weighted by Crippen LogP contribution is -2.68. The second kappa shape index (κ2) is 11.0. The molecule has 1 saturated heterocycles. The van der Waals surface area contributed by atoms with Crippen LogP contribution in [-0.2, 0) is 4.74 Å². The molecule has 0 spiro atoms. The normalized spacial score (nSPS) is 19.8. The van der Waals surface area contributed by atoms with E-state index >= 15 is 0 Å². The van der Waals surface area contributed by atoms with Crippen LogP contribution in [0.4, 0.5) is 21.4 Å². The second-order valence-electron chi connectivity index (χ2n) is 9.92. The fourth-order valence-electron chi connectivity index (χ4n) is 5.17. The number of amides is 1. The quantitative estimate of drug-likeness (QED) is 0.264. The molecule has 1 aliphatic carbocycles. The van der Waals surface area contributed by atoms with Crippen LogP contribution in [0.25, 0.3) is 20.7 Å². The van der Waals surface area contributed by atoms with Crippen molar-refractivity contribution >= 4 is 60.2 Å². The number of nitrogens with zero attached hydrogens (tertiary/aromatic N) is 2. The number of carbonyl (C=O) groups is 1. The number of primary amides is 1. The number of rotatable bonds is 7. The van der Waals surface area contributed by atoms with Gasteiger partial charge >= 0.3 is 0 Å². The molecule has 0 aromatic carbocycles. The van der Waals surface area contributed by atoms with Gasteiger partial charge in [0.25, 0.3) is 5.91 Å². The average molecular weight is 568 g/mol. The van der Waals surface area contributed by atoms with E-state index in [4.69, 9.17) is 14.9 Å². The summed E-state index contributed by atoms with van der Waals surface area (Å²) < 4.78 is 12.0. The lowest BCUT2D eigenvalue weighted by Gasteiger charge is -2.27. The van der Waals surface area contributed by atoms with Gasteiger partial charge in [-0.25, -0.2) is 4.98 Å². The SMILES string of the molecule is NC(=O)c1ncc(N[C@H]2CCCC[C@H]2[NH3+])cc1Nc1ccc(-c2coc3c(=O)cc(N4CCOCC4)sc23)s1. The fraction of sp³-hybridized carbons (Fsp3) is 0.370. The number of ether oxygens (including phenoxy) is 1. The number of anilines is 4. The molecule has 1 saturated carbocycles. The number of nitrogens with two attached hydrogens (primary N) is 1. The largest absolute Gasteiger partial charge is 0.459 e. The number of morpholine rings is 1. The molecular formula is C27H31N6O4S2+. The van der Waals surface area contributed by atoms with Gasteiger partial charge in [0.1, 0.15) is 12.3 Å². The molecule has 0 bridgehead atoms. The molecule has 5 heterocycles. The summed E-state index contributed by atoms with van der Waals surface area (Å²) >= 11 is 3.05. The first-order valence-electron chi connectivity index (χ1n) is 13.1. The van der Waals surface area contributed by atoms with Crippen molar-refractivity contribution in [2.75, 3.05) is 41.8 Å². The number of quaternary nitrogens is 1. The highest BCUT2D eigenvalue weighted by atomic mass is 32.1. The van der Waals surface area contributed by atoms with E-state index in [9.17, 15) is 9.59 Å². The molecule has 39 heavy (non-hydrogen) atoms. The summed E-state index contributed by atoms with van der Waals surface area (Å²) in [5.74, 6) is -0.602. The molecule has 2 aliphatic rings. The minimum Gasteiger partial charge on any atom is -0.459 e. The Labute approximate surface area is 233 Å². The zero-order valence-electron chi connectivity index (χ0n) is 21.4. The van der Waals surface area contributed by atoms with Gasteiger partial charge in [-0.3, -0.25) is 9.59 Å². The van der Waals surface area contributed by atoms with Crippen LogP contribution in [-0.4, -0.2) is 49.3 Å². The molecular weight excluding hydrogens is 536 g/mol. The van der Waals surface area contributed by atoms with Gasteiger partial charge < -0.3 is 36.2 Å². The number of aromatic nitrogens is 1. The molecule has 1 amide bonds. The summed E-state index contributed by atoms with van der Waals surface area (Å²) in [4.78, 5) is 32.4. The molecule has 6 rings (SSSR count). The third kappa shape index (κ3) is 5.37. The van der Waals surface area contributed by atoms with Crippen molar-refractivity contribution in [3.8, 4) is 10.4 Å². The highest BCUT2D eigenvalue weighted by Crippen LogP contribution is 2.41. The van der Waals surface area contributed by atoms with Crippen molar-refractivity contribution in [3.63, 3.8) is 0 Å². The molecule has 12 heteroatoms. The maximum atomic E-state index is 12.8. The van der Waals surface area contributed by atoms with Crippen LogP contribution < -0.4 is 32.4 Å². The van der Waals surface area contributed by atoms with Gasteiger partial charge in [-0.1, -0.05) is 6.42 Å². The van der Waals surface area contributed by atoms with E-state index in [1.807, 2.05) is 18.2 Å². The first-order chi connectivity index (χ1) is 19.0. The van der Waals surface area contributed by atoms with Crippen LogP contribution in [0.1, 0.15) is 36.2 Å². The summed E-state index contributed by atoms with van der Waals surface area (Å²) in [5, 5.41) is 8.60. The van der Waals surface area contributed by atoms with Gasteiger partial charge in [0, 0.05) is 36.0 Å². The van der Waals surface area contributed by atoms with Gasteiger partial charge in [-0.15, -0.1) is 22.7 Å². The van der Waals surface area contributed by atoms with Gasteiger partial charge in [0.15, 0.2) is 11.3 Å². The Morgan fingerprint density at radius 3 is 2.77 bits per heavy atom. The van der Waals surface area contributed by atoms with Crippen molar-refractivity contribution < 1.29 is 19.7 Å². The number of hydrogen-bond acceptors (Lipinski definition) is 10. The molecule has 7 N–H and O–H groups in total. The Balaban J connectivity index is 1.28. The molecule has 2 atom stereocenters. The van der Waals surface area contributed by atoms with Crippen LogP contribution in [0.15, 0.2) is 45.9 Å². The van der Waals surface area contributed by atoms with Crippen molar-refractivity contribution in [1.82, 2.24) is 4.98 Å². The lowest BCUT2D eigenvalue weighted by atomic mass is 9.91. The summed E-state index contributed by atoms with van der Waals surface area (Å²) in [6.45, 7) is 2.79. The van der Waals surface area contributed by atoms with Gasteiger partial charge in [-0.2, -0.15) is 0 Å². The lowest BCUT2D eigenvalue weighted by molar-refractivity contribution is -0.427. The molecule has 204 valence electrons. The van der Waals surface area contributed by atoms with E-state index in [-0.39, 0.29) is 17.2 Å². The van der Waals surface area contributed by atoms with Gasteiger partial charge in [0.2, 0.25) is 5.43 Å². The van der Waals surface area contributed by atoms with Crippen molar-refractivity contribution in [1.29, 1.82) is 0 Å². The van der Waals surface area contributed by atoms with Crippen LogP contribution >= 0.6 is 22.7 Å². The smallest absolute Gasteiger partial charge is 0.269 e. The molecule has 4 aromatic heterocycles. The van der Waals surface area contributed by atoms with Crippen molar-refractivity contribution in [2.24, 2.45) is 5.73 Å². The number of pyridine rings is 1. The Kier molecular flexibility index (Phi) is 7.26. The first kappa shape index (κ1) is 25.8. The minimum absolute atomic E-state index is 0.129. The third-order valence-corrected chi connectivity index (χ3v) is 9.49. The van der Waals surface area contributed by atoms with E-state index in [0.29, 0.717) is 30.5 Å². The van der Waals surface area contributed by atoms with E-state index in [2.05, 4.69) is 26.3 Å². The highest BCUT2D eigenvalue weighted by molar-refractivity contribution is 7.23. The van der Waals surface area contributed by atoms with E-state index in [0.717, 1.165) is 56.8 Å². The fourth-order valence-corrected chi connectivity index (χ4v) is 7.36. The number of furan rings is 1. The third-order valence-electron chi connectivity index (χ3n) is 7.26. The minimum atomic E-state index is -0.602. The number of hydrogen-bond donors (Lipinski definition) is 4. The Morgan fingerprint density at radius 1 is 1.15 bits per heavy atom. The number of fused-ring (bicyclic) bond motifs is 1. The summed E-state index contributed by atoms with van der Waals surface area (Å²) in [6, 6.07) is 8.04. The number of nitrogens with one attached hydrogen (secondary N) is 2. The van der Waals surface area contributed by atoms with Crippen LogP contribution in [0, 0.1) is 0 Å². The Hall–Kier alpha value is -3.45. The van der Waals surface area contributed by atoms with E-state index in [1.165, 1.54) is 24.2 Å². The average Bonchev–Trinajstić information content (AvgIpc) is 3.58. The zero-order valence-corrected chi connectivity index (χ0v) is 23.0. The standard InChI is InChI=1S/C27H30N6O4S2/c28-17-3-1-2-4-18(17)31-15-11-19(24(27(29)35)30-13-15)32-22-6-5-21(38-22)16-14-37-25-20(34)12-23(39-26(16)25)33-7-9-36-10-8-33/h5-6,11-14,17-18,31-32H,1-4,7-10,28H2,(H2,29,35)/p+1/t17-,18+/m1/s1. The number of thiophene rings is 1. The monoisotopic (exact) mass is 567 g/mol. The molecule has 1 aliphatic heterocycles. The predicted octanol–water partition coefficient (Wildman–Crippen LogP) is 3.62. The summed E-state index contributed by atoms with van der Waals surface area (Å²) in [5.41, 5.74) is 12.6. The highest BCUT2D eigenvalue weighted by Gasteiger charge is 2.25. The van der Waals surface area contributed by atoms with E-state index < -0.39 is 5.91 Å². The zero-order chi connectivity index (χ0) is 26.9. The summed E-state index contributed by atoms with van der Waals surface area (Å²) in [6.07, 6.45) is 7.82. The van der Waals surface area contributed by atoms with Crippen molar-refractivity contribution in [3.05, 3.63) is 52.6 Å². The predicted molar refractivity (Wildman–Crippen MR) is 155 cm³/mol. The van der Waals surface area contributed by atoms with Crippen LogP contribution in [0.2, 0.25) is 0 Å². The maximum Gasteiger partial charge on any atom is 0.269 e. The number of carbonyl (C=O) groups excluding carboxylic acids is 1. The molecule has 2 fully saturated rings. The van der Waals surface area contributed by atoms with Gasteiger partial charge in [0.05, 0.1) is 51.5 Å². The Morgan fingerprint density at radius 2 is 1.97 bits per heavy atom. The van der Waals surface area contributed by atoms with E-state index in [1.54, 1.807) is 29.9 Å². The second-order valence-corrected chi connectivity index (χ2v) is 12.0. The van der Waals surface area contributed by atoms with Crippen molar-refractivity contribution in [2.45, 2.75) is 37.8 Å². The molecule has 0 radical (unpaired) electrons.